The van der Waals surface area contributed by atoms with Crippen molar-refractivity contribution in [3.63, 3.8) is 0 Å². The van der Waals surface area contributed by atoms with Crippen LogP contribution in [0.25, 0.3) is 0 Å². The summed E-state index contributed by atoms with van der Waals surface area (Å²) in [5.41, 5.74) is 2.38. The minimum absolute atomic E-state index is 0.0164. The van der Waals surface area contributed by atoms with Crippen LogP contribution in [-0.2, 0) is 16.0 Å². The highest BCUT2D eigenvalue weighted by molar-refractivity contribution is 5.81. The molecule has 19 heavy (non-hydrogen) atoms. The van der Waals surface area contributed by atoms with Crippen molar-refractivity contribution in [2.45, 2.75) is 31.9 Å². The van der Waals surface area contributed by atoms with Gasteiger partial charge in [0.25, 0.3) is 0 Å². The Bertz CT molecular complexity index is 475. The lowest BCUT2D eigenvalue weighted by Crippen LogP contribution is -2.45. The molecule has 102 valence electrons. The molecule has 0 radical (unpaired) electrons. The average Bonchev–Trinajstić information content (AvgIpc) is 2.84. The number of ether oxygens (including phenoxy) is 1. The standard InChI is InChI=1S/C15H20N2O2/c1-10-13(6-7-19-10)17-15(18)12-8-11-4-2-3-5-14(11)16-9-12/h2-5,10,12-13,16H,6-9H2,1H3,(H,17,18). The van der Waals surface area contributed by atoms with Gasteiger partial charge < -0.3 is 15.4 Å². The minimum Gasteiger partial charge on any atom is -0.384 e. The molecule has 0 aromatic heterocycles. The van der Waals surface area contributed by atoms with Gasteiger partial charge in [0.05, 0.1) is 18.1 Å². The number of benzene rings is 1. The van der Waals surface area contributed by atoms with Crippen molar-refractivity contribution < 1.29 is 9.53 Å². The van der Waals surface area contributed by atoms with Crippen LogP contribution in [0.15, 0.2) is 24.3 Å². The van der Waals surface area contributed by atoms with Gasteiger partial charge in [0, 0.05) is 18.8 Å². The smallest absolute Gasteiger partial charge is 0.225 e. The molecule has 1 amide bonds. The van der Waals surface area contributed by atoms with Crippen molar-refractivity contribution in [1.29, 1.82) is 0 Å². The number of carbonyl (C=O) groups is 1. The van der Waals surface area contributed by atoms with Crippen molar-refractivity contribution in [3.8, 4) is 0 Å². The molecule has 1 aromatic carbocycles. The molecular weight excluding hydrogens is 240 g/mol. The fourth-order valence-corrected chi connectivity index (χ4v) is 2.85. The molecule has 0 aliphatic carbocycles. The lowest BCUT2D eigenvalue weighted by Gasteiger charge is -2.27. The second-order valence-corrected chi connectivity index (χ2v) is 5.42. The highest BCUT2D eigenvalue weighted by Gasteiger charge is 2.30. The molecule has 3 atom stereocenters. The third kappa shape index (κ3) is 2.59. The highest BCUT2D eigenvalue weighted by atomic mass is 16.5. The van der Waals surface area contributed by atoms with E-state index < -0.39 is 0 Å². The van der Waals surface area contributed by atoms with Gasteiger partial charge >= 0.3 is 0 Å². The van der Waals surface area contributed by atoms with Crippen molar-refractivity contribution in [2.75, 3.05) is 18.5 Å². The third-order valence-corrected chi connectivity index (χ3v) is 4.10. The highest BCUT2D eigenvalue weighted by Crippen LogP contribution is 2.24. The summed E-state index contributed by atoms with van der Waals surface area (Å²) in [4.78, 5) is 12.3. The lowest BCUT2D eigenvalue weighted by atomic mass is 9.93. The number of carbonyl (C=O) groups excluding carboxylic acids is 1. The summed E-state index contributed by atoms with van der Waals surface area (Å²) in [5, 5.41) is 6.46. The summed E-state index contributed by atoms with van der Waals surface area (Å²) in [6.45, 7) is 3.48. The van der Waals surface area contributed by atoms with Crippen LogP contribution in [0.4, 0.5) is 5.69 Å². The van der Waals surface area contributed by atoms with E-state index in [4.69, 9.17) is 4.74 Å². The normalized spacial score (nSPS) is 29.4. The lowest BCUT2D eigenvalue weighted by molar-refractivity contribution is -0.125. The molecule has 1 aromatic rings. The van der Waals surface area contributed by atoms with Gasteiger partial charge in [-0.15, -0.1) is 0 Å². The van der Waals surface area contributed by atoms with Crippen LogP contribution >= 0.6 is 0 Å². The number of hydrogen-bond donors (Lipinski definition) is 2. The molecule has 0 saturated carbocycles. The molecule has 3 unspecified atom stereocenters. The number of para-hydroxylation sites is 1. The summed E-state index contributed by atoms with van der Waals surface area (Å²) < 4.78 is 5.48. The van der Waals surface area contributed by atoms with Crippen LogP contribution < -0.4 is 10.6 Å². The van der Waals surface area contributed by atoms with E-state index in [2.05, 4.69) is 22.8 Å². The number of amides is 1. The number of hydrogen-bond acceptors (Lipinski definition) is 3. The number of rotatable bonds is 2. The minimum atomic E-state index is 0.0164. The van der Waals surface area contributed by atoms with E-state index in [1.165, 1.54) is 5.56 Å². The van der Waals surface area contributed by atoms with E-state index in [1.807, 2.05) is 19.1 Å². The summed E-state index contributed by atoms with van der Waals surface area (Å²) in [6.07, 6.45) is 1.87. The van der Waals surface area contributed by atoms with E-state index >= 15 is 0 Å². The molecule has 2 heterocycles. The Hall–Kier alpha value is -1.55. The largest absolute Gasteiger partial charge is 0.384 e. The molecular formula is C15H20N2O2. The molecule has 0 bridgehead atoms. The predicted octanol–water partition coefficient (Wildman–Crippen LogP) is 1.56. The van der Waals surface area contributed by atoms with E-state index in [0.29, 0.717) is 6.54 Å². The number of anilines is 1. The molecule has 1 fully saturated rings. The quantitative estimate of drug-likeness (QED) is 0.848. The Balaban J connectivity index is 1.63. The van der Waals surface area contributed by atoms with Crippen molar-refractivity contribution in [3.05, 3.63) is 29.8 Å². The first kappa shape index (κ1) is 12.5. The second kappa shape index (κ2) is 5.21. The Morgan fingerprint density at radius 1 is 1.42 bits per heavy atom. The van der Waals surface area contributed by atoms with Crippen LogP contribution in [0.3, 0.4) is 0 Å². The molecule has 4 heteroatoms. The molecule has 0 spiro atoms. The van der Waals surface area contributed by atoms with Crippen LogP contribution in [0.2, 0.25) is 0 Å². The van der Waals surface area contributed by atoms with E-state index in [0.717, 1.165) is 25.1 Å². The summed E-state index contributed by atoms with van der Waals surface area (Å²) in [5.74, 6) is 0.159. The Morgan fingerprint density at radius 2 is 2.26 bits per heavy atom. The zero-order chi connectivity index (χ0) is 13.2. The van der Waals surface area contributed by atoms with Crippen LogP contribution in [-0.4, -0.2) is 31.2 Å². The van der Waals surface area contributed by atoms with Gasteiger partial charge in [-0.2, -0.15) is 0 Å². The summed E-state index contributed by atoms with van der Waals surface area (Å²) >= 11 is 0. The second-order valence-electron chi connectivity index (χ2n) is 5.42. The van der Waals surface area contributed by atoms with Gasteiger partial charge in [-0.25, -0.2) is 0 Å². The first-order chi connectivity index (χ1) is 9.24. The maximum Gasteiger partial charge on any atom is 0.225 e. The first-order valence-electron chi connectivity index (χ1n) is 6.98. The van der Waals surface area contributed by atoms with Gasteiger partial charge in [-0.05, 0) is 31.4 Å². The Kier molecular flexibility index (Phi) is 3.42. The van der Waals surface area contributed by atoms with Gasteiger partial charge in [0.1, 0.15) is 0 Å². The maximum atomic E-state index is 12.3. The SMILES string of the molecule is CC1OCCC1NC(=O)C1CNc2ccccc2C1. The Labute approximate surface area is 113 Å². The Morgan fingerprint density at radius 3 is 3.05 bits per heavy atom. The topological polar surface area (TPSA) is 50.4 Å². The monoisotopic (exact) mass is 260 g/mol. The molecule has 1 saturated heterocycles. The summed E-state index contributed by atoms with van der Waals surface area (Å²) in [7, 11) is 0. The molecule has 3 rings (SSSR count). The fourth-order valence-electron chi connectivity index (χ4n) is 2.85. The van der Waals surface area contributed by atoms with Crippen LogP contribution in [0.5, 0.6) is 0 Å². The van der Waals surface area contributed by atoms with Gasteiger partial charge in [0.2, 0.25) is 5.91 Å². The molecule has 2 aliphatic rings. The first-order valence-corrected chi connectivity index (χ1v) is 6.98. The number of nitrogens with one attached hydrogen (secondary N) is 2. The third-order valence-electron chi connectivity index (χ3n) is 4.10. The average molecular weight is 260 g/mol. The molecule has 2 aliphatic heterocycles. The van der Waals surface area contributed by atoms with Crippen LogP contribution in [0.1, 0.15) is 18.9 Å². The number of fused-ring (bicyclic) bond motifs is 1. The van der Waals surface area contributed by atoms with E-state index in [9.17, 15) is 4.79 Å². The predicted molar refractivity (Wildman–Crippen MR) is 74.1 cm³/mol. The maximum absolute atomic E-state index is 12.3. The van der Waals surface area contributed by atoms with Gasteiger partial charge in [-0.1, -0.05) is 18.2 Å². The van der Waals surface area contributed by atoms with Gasteiger partial charge in [-0.3, -0.25) is 4.79 Å². The zero-order valence-electron chi connectivity index (χ0n) is 11.2. The summed E-state index contributed by atoms with van der Waals surface area (Å²) in [6, 6.07) is 8.36. The van der Waals surface area contributed by atoms with Crippen molar-refractivity contribution in [2.24, 2.45) is 5.92 Å². The van der Waals surface area contributed by atoms with Crippen molar-refractivity contribution >= 4 is 11.6 Å². The zero-order valence-corrected chi connectivity index (χ0v) is 11.2. The van der Waals surface area contributed by atoms with Crippen molar-refractivity contribution in [1.82, 2.24) is 5.32 Å². The molecule has 2 N–H and O–H groups in total. The fraction of sp³-hybridized carbons (Fsp3) is 0.533. The molecule has 4 nitrogen and oxygen atoms in total. The van der Waals surface area contributed by atoms with Crippen LogP contribution in [0, 0.1) is 5.92 Å². The van der Waals surface area contributed by atoms with Gasteiger partial charge in [0.15, 0.2) is 0 Å². The van der Waals surface area contributed by atoms with E-state index in [-0.39, 0.29) is 24.0 Å². The van der Waals surface area contributed by atoms with E-state index in [1.54, 1.807) is 0 Å².